The molecule has 0 fully saturated rings. The summed E-state index contributed by atoms with van der Waals surface area (Å²) in [5, 5.41) is 10.6. The van der Waals surface area contributed by atoms with Crippen molar-refractivity contribution in [2.45, 2.75) is 6.92 Å². The SMILES string of the molecule is CCOC(=O)c1ccc(-n2c(-c3ccccn3)nc3ccccc32)c(NC(=O)c2ccc3nonc3c2)c1. The first-order valence-corrected chi connectivity index (χ1v) is 11.9. The lowest BCUT2D eigenvalue weighted by molar-refractivity contribution is 0.0526. The summed E-state index contributed by atoms with van der Waals surface area (Å²) in [6.45, 7) is 1.96. The number of hydrogen-bond donors (Lipinski definition) is 1. The quantitative estimate of drug-likeness (QED) is 0.312. The molecule has 0 aliphatic rings. The summed E-state index contributed by atoms with van der Waals surface area (Å²) in [4.78, 5) is 35.3. The van der Waals surface area contributed by atoms with Gasteiger partial charge in [0.1, 0.15) is 16.7 Å². The highest BCUT2D eigenvalue weighted by atomic mass is 16.6. The van der Waals surface area contributed by atoms with Crippen LogP contribution in [0.15, 0.2) is 89.7 Å². The van der Waals surface area contributed by atoms with Gasteiger partial charge in [0.2, 0.25) is 0 Å². The van der Waals surface area contributed by atoms with E-state index in [2.05, 4.69) is 20.6 Å². The molecule has 0 aliphatic carbocycles. The van der Waals surface area contributed by atoms with Crippen LogP contribution in [0.3, 0.4) is 0 Å². The van der Waals surface area contributed by atoms with Crippen molar-refractivity contribution < 1.29 is 19.0 Å². The summed E-state index contributed by atoms with van der Waals surface area (Å²) < 4.78 is 11.9. The molecule has 0 saturated heterocycles. The van der Waals surface area contributed by atoms with Crippen LogP contribution in [0.2, 0.25) is 0 Å². The van der Waals surface area contributed by atoms with Gasteiger partial charge in [0.15, 0.2) is 5.82 Å². The van der Waals surface area contributed by atoms with Crippen molar-refractivity contribution in [2.24, 2.45) is 0 Å². The van der Waals surface area contributed by atoms with Crippen LogP contribution in [0.25, 0.3) is 39.3 Å². The van der Waals surface area contributed by atoms with Crippen LogP contribution in [-0.4, -0.2) is 43.3 Å². The standard InChI is InChI=1S/C28H20N6O4/c1-2-37-28(36)18-11-13-25(23(16-18)31-27(35)17-10-12-19-22(15-17)33-38-32-19)34-24-9-4-3-7-20(24)30-26(34)21-8-5-6-14-29-21/h3-16H,2H2,1H3,(H,31,35). The third kappa shape index (κ3) is 4.13. The molecule has 0 aliphatic heterocycles. The van der Waals surface area contributed by atoms with Gasteiger partial charge in [-0.1, -0.05) is 18.2 Å². The van der Waals surface area contributed by atoms with E-state index in [4.69, 9.17) is 14.3 Å². The first-order chi connectivity index (χ1) is 18.6. The fraction of sp³-hybridized carbons (Fsp3) is 0.0714. The van der Waals surface area contributed by atoms with Crippen LogP contribution in [0.1, 0.15) is 27.6 Å². The number of anilines is 1. The maximum Gasteiger partial charge on any atom is 0.338 e. The molecule has 6 aromatic rings. The van der Waals surface area contributed by atoms with Gasteiger partial charge < -0.3 is 10.1 Å². The topological polar surface area (TPSA) is 125 Å². The van der Waals surface area contributed by atoms with Gasteiger partial charge in [-0.15, -0.1) is 0 Å². The predicted octanol–water partition coefficient (Wildman–Crippen LogP) is 5.05. The molecule has 1 amide bonds. The van der Waals surface area contributed by atoms with Crippen LogP contribution in [0.4, 0.5) is 5.69 Å². The van der Waals surface area contributed by atoms with E-state index >= 15 is 0 Å². The molecule has 3 aromatic carbocycles. The zero-order valence-corrected chi connectivity index (χ0v) is 20.2. The number of amides is 1. The number of pyridine rings is 1. The van der Waals surface area contributed by atoms with E-state index in [1.807, 2.05) is 47.0 Å². The van der Waals surface area contributed by atoms with Crippen molar-refractivity contribution in [1.29, 1.82) is 0 Å². The van der Waals surface area contributed by atoms with Crippen LogP contribution in [-0.2, 0) is 4.74 Å². The van der Waals surface area contributed by atoms with Gasteiger partial charge in [-0.2, -0.15) is 0 Å². The van der Waals surface area contributed by atoms with Gasteiger partial charge >= 0.3 is 5.97 Å². The van der Waals surface area contributed by atoms with Gasteiger partial charge in [-0.05, 0) is 77.9 Å². The lowest BCUT2D eigenvalue weighted by Crippen LogP contribution is -2.15. The van der Waals surface area contributed by atoms with Gasteiger partial charge in [0.05, 0.1) is 34.6 Å². The number of benzene rings is 3. The minimum atomic E-state index is -0.495. The van der Waals surface area contributed by atoms with Crippen LogP contribution in [0.5, 0.6) is 0 Å². The number of esters is 1. The van der Waals surface area contributed by atoms with Crippen molar-refractivity contribution in [3.63, 3.8) is 0 Å². The Kier molecular flexibility index (Phi) is 5.81. The number of nitrogens with zero attached hydrogens (tertiary/aromatic N) is 5. The molecule has 0 atom stereocenters. The van der Waals surface area contributed by atoms with Gasteiger partial charge in [-0.3, -0.25) is 14.3 Å². The highest BCUT2D eigenvalue weighted by Gasteiger charge is 2.21. The van der Waals surface area contributed by atoms with Gasteiger partial charge in [0.25, 0.3) is 5.91 Å². The van der Waals surface area contributed by atoms with E-state index in [0.717, 1.165) is 11.0 Å². The van der Waals surface area contributed by atoms with E-state index < -0.39 is 11.9 Å². The molecule has 10 heteroatoms. The molecule has 3 aromatic heterocycles. The highest BCUT2D eigenvalue weighted by Crippen LogP contribution is 2.32. The summed E-state index contributed by atoms with van der Waals surface area (Å²) in [7, 11) is 0. The van der Waals surface area contributed by atoms with Gasteiger partial charge in [0, 0.05) is 11.8 Å². The Bertz CT molecular complexity index is 1810. The molecule has 0 unspecified atom stereocenters. The second-order valence-corrected chi connectivity index (χ2v) is 8.35. The smallest absolute Gasteiger partial charge is 0.338 e. The number of fused-ring (bicyclic) bond motifs is 2. The van der Waals surface area contributed by atoms with Crippen molar-refractivity contribution in [2.75, 3.05) is 11.9 Å². The second kappa shape index (κ2) is 9.58. The molecule has 10 nitrogen and oxygen atoms in total. The number of carbonyl (C=O) groups excluding carboxylic acids is 2. The largest absolute Gasteiger partial charge is 0.462 e. The molecular weight excluding hydrogens is 484 g/mol. The lowest BCUT2D eigenvalue weighted by atomic mass is 10.1. The highest BCUT2D eigenvalue weighted by molar-refractivity contribution is 6.07. The summed E-state index contributed by atoms with van der Waals surface area (Å²) >= 11 is 0. The second-order valence-electron chi connectivity index (χ2n) is 8.35. The van der Waals surface area contributed by atoms with Crippen molar-refractivity contribution in [3.8, 4) is 17.2 Å². The van der Waals surface area contributed by atoms with E-state index in [1.165, 1.54) is 0 Å². The average molecular weight is 505 g/mol. The van der Waals surface area contributed by atoms with E-state index in [9.17, 15) is 9.59 Å². The maximum atomic E-state index is 13.4. The Labute approximate surface area is 215 Å². The van der Waals surface area contributed by atoms with Crippen LogP contribution < -0.4 is 5.32 Å². The van der Waals surface area contributed by atoms with Crippen LogP contribution in [0, 0.1) is 0 Å². The molecule has 38 heavy (non-hydrogen) atoms. The van der Waals surface area contributed by atoms with Gasteiger partial charge in [-0.25, -0.2) is 14.4 Å². The summed E-state index contributed by atoms with van der Waals surface area (Å²) in [6, 6.07) is 23.1. The number of rotatable bonds is 6. The number of imidazole rings is 1. The minimum Gasteiger partial charge on any atom is -0.462 e. The zero-order valence-electron chi connectivity index (χ0n) is 20.2. The Morgan fingerprint density at radius 1 is 0.895 bits per heavy atom. The zero-order chi connectivity index (χ0) is 26.1. The molecule has 0 bridgehead atoms. The number of aromatic nitrogens is 5. The number of hydrogen-bond acceptors (Lipinski definition) is 8. The first-order valence-electron chi connectivity index (χ1n) is 11.9. The monoisotopic (exact) mass is 504 g/mol. The third-order valence-electron chi connectivity index (χ3n) is 5.97. The molecule has 3 heterocycles. The predicted molar refractivity (Wildman–Crippen MR) is 140 cm³/mol. The molecule has 0 saturated carbocycles. The molecule has 0 spiro atoms. The van der Waals surface area contributed by atoms with Crippen molar-refractivity contribution in [3.05, 3.63) is 96.2 Å². The molecule has 6 rings (SSSR count). The van der Waals surface area contributed by atoms with Crippen molar-refractivity contribution in [1.82, 2.24) is 24.8 Å². The number of para-hydroxylation sites is 2. The average Bonchev–Trinajstić information content (AvgIpc) is 3.58. The Morgan fingerprint density at radius 2 is 1.71 bits per heavy atom. The first kappa shape index (κ1) is 23.0. The third-order valence-corrected chi connectivity index (χ3v) is 5.97. The summed E-state index contributed by atoms with van der Waals surface area (Å²) in [5.74, 6) is -0.313. The summed E-state index contributed by atoms with van der Waals surface area (Å²) in [6.07, 6.45) is 1.69. The van der Waals surface area contributed by atoms with Crippen LogP contribution >= 0.6 is 0 Å². The number of ether oxygens (including phenoxy) is 1. The Morgan fingerprint density at radius 3 is 2.55 bits per heavy atom. The van der Waals surface area contributed by atoms with Crippen molar-refractivity contribution >= 4 is 39.6 Å². The van der Waals surface area contributed by atoms with E-state index in [1.54, 1.807) is 49.5 Å². The normalized spacial score (nSPS) is 11.1. The maximum absolute atomic E-state index is 13.4. The number of carbonyl (C=O) groups is 2. The molecule has 1 N–H and O–H groups in total. The fourth-order valence-corrected chi connectivity index (χ4v) is 4.23. The van der Waals surface area contributed by atoms with E-state index in [-0.39, 0.29) is 6.61 Å². The Hall–Kier alpha value is -5.38. The lowest BCUT2D eigenvalue weighted by Gasteiger charge is -2.16. The summed E-state index contributed by atoms with van der Waals surface area (Å²) in [5.41, 5.74) is 4.84. The molecular formula is C28H20N6O4. The minimum absolute atomic E-state index is 0.226. The molecule has 186 valence electrons. The number of nitrogens with one attached hydrogen (secondary N) is 1. The Balaban J connectivity index is 1.52. The van der Waals surface area contributed by atoms with E-state index in [0.29, 0.717) is 45.1 Å². The molecule has 0 radical (unpaired) electrons. The fourth-order valence-electron chi connectivity index (χ4n) is 4.23.